The predicted molar refractivity (Wildman–Crippen MR) is 136 cm³/mol. The molecule has 4 rings (SSSR count). The van der Waals surface area contributed by atoms with E-state index in [4.69, 9.17) is 0 Å². The molecule has 0 radical (unpaired) electrons. The molecule has 1 aromatic carbocycles. The van der Waals surface area contributed by atoms with Crippen LogP contribution in [0.5, 0.6) is 0 Å². The molecule has 1 saturated carbocycles. The van der Waals surface area contributed by atoms with Gasteiger partial charge in [0.2, 0.25) is 5.91 Å². The van der Waals surface area contributed by atoms with Crippen LogP contribution in [0.2, 0.25) is 0 Å². The summed E-state index contributed by atoms with van der Waals surface area (Å²) >= 11 is 1.61. The Bertz CT molecular complexity index is 1110. The number of amides is 1. The fourth-order valence-electron chi connectivity index (χ4n) is 5.52. The fourth-order valence-corrected chi connectivity index (χ4v) is 6.59. The van der Waals surface area contributed by atoms with E-state index in [9.17, 15) is 27.9 Å². The molecular weight excluding hydrogens is 501 g/mol. The van der Waals surface area contributed by atoms with Gasteiger partial charge in [-0.15, -0.1) is 11.3 Å². The predicted octanol–water partition coefficient (Wildman–Crippen LogP) is 6.56. The Morgan fingerprint density at radius 2 is 1.89 bits per heavy atom. The highest BCUT2D eigenvalue weighted by atomic mass is 32.1. The van der Waals surface area contributed by atoms with Crippen molar-refractivity contribution in [3.8, 4) is 0 Å². The third-order valence-electron chi connectivity index (χ3n) is 7.79. The Hall–Kier alpha value is -2.26. The Balaban J connectivity index is 1.21. The third kappa shape index (κ3) is 6.79. The van der Waals surface area contributed by atoms with Gasteiger partial charge in [0.15, 0.2) is 5.78 Å². The lowest BCUT2D eigenvalue weighted by Crippen LogP contribution is -2.32. The van der Waals surface area contributed by atoms with E-state index in [1.807, 2.05) is 6.20 Å². The monoisotopic (exact) mass is 536 g/mol. The van der Waals surface area contributed by atoms with E-state index < -0.39 is 23.1 Å². The molecule has 0 spiro atoms. The number of likely N-dealkylation sites (tertiary alicyclic amines) is 1. The topological polar surface area (TPSA) is 70.5 Å². The Kier molecular flexibility index (Phi) is 8.43. The number of aromatic nitrogens is 1. The number of thiazole rings is 1. The molecule has 2 fully saturated rings. The number of carbonyl (C=O) groups is 2. The van der Waals surface area contributed by atoms with E-state index in [2.05, 4.69) is 18.8 Å². The number of halogens is 3. The lowest BCUT2D eigenvalue weighted by Gasteiger charge is -2.36. The van der Waals surface area contributed by atoms with Crippen molar-refractivity contribution in [3.05, 3.63) is 51.5 Å². The summed E-state index contributed by atoms with van der Waals surface area (Å²) in [6.07, 6.45) is 2.51. The molecule has 1 aromatic heterocycles. The van der Waals surface area contributed by atoms with Crippen LogP contribution in [0, 0.1) is 11.8 Å². The van der Waals surface area contributed by atoms with Crippen LogP contribution >= 0.6 is 11.3 Å². The summed E-state index contributed by atoms with van der Waals surface area (Å²) in [5.74, 6) is 0.694. The van der Waals surface area contributed by atoms with Crippen LogP contribution in [-0.2, 0) is 16.6 Å². The number of hydrogen-bond acceptors (Lipinski definition) is 5. The largest absolute Gasteiger partial charge is 0.416 e. The molecule has 37 heavy (non-hydrogen) atoms. The highest BCUT2D eigenvalue weighted by molar-refractivity contribution is 7.11. The van der Waals surface area contributed by atoms with Gasteiger partial charge in [-0.2, -0.15) is 13.2 Å². The number of carbonyl (C=O) groups excluding carboxylic acids is 2. The van der Waals surface area contributed by atoms with Crippen molar-refractivity contribution in [2.45, 2.75) is 82.9 Å². The van der Waals surface area contributed by atoms with Crippen LogP contribution in [0.25, 0.3) is 0 Å². The van der Waals surface area contributed by atoms with Crippen LogP contribution in [0.15, 0.2) is 30.5 Å². The van der Waals surface area contributed by atoms with Crippen molar-refractivity contribution in [2.75, 3.05) is 13.1 Å². The Morgan fingerprint density at radius 1 is 1.16 bits per heavy atom. The van der Waals surface area contributed by atoms with Gasteiger partial charge >= 0.3 is 6.18 Å². The quantitative estimate of drug-likeness (QED) is 0.388. The fraction of sp³-hybridized carbons (Fsp3) is 0.607. The summed E-state index contributed by atoms with van der Waals surface area (Å²) in [6.45, 7) is 5.52. The normalized spacial score (nSPS) is 24.6. The SMILES string of the molecule is CC(C)c1ncc(C2(O)CCC(C[C@H]3CCN(C(=O)CCC(=O)c4cccc(C(F)(F)F)c4)C3)CC2)s1. The van der Waals surface area contributed by atoms with E-state index in [0.29, 0.717) is 30.8 Å². The van der Waals surface area contributed by atoms with Crippen LogP contribution < -0.4 is 0 Å². The van der Waals surface area contributed by atoms with Gasteiger partial charge in [0, 0.05) is 43.6 Å². The van der Waals surface area contributed by atoms with Gasteiger partial charge < -0.3 is 10.0 Å². The average Bonchev–Trinajstić information content (AvgIpc) is 3.54. The van der Waals surface area contributed by atoms with Crippen molar-refractivity contribution >= 4 is 23.0 Å². The second-order valence-corrected chi connectivity index (χ2v) is 12.0. The maximum Gasteiger partial charge on any atom is 0.416 e. The first-order valence-corrected chi connectivity index (χ1v) is 13.9. The molecule has 1 aliphatic heterocycles. The third-order valence-corrected chi connectivity index (χ3v) is 9.28. The highest BCUT2D eigenvalue weighted by Crippen LogP contribution is 2.44. The van der Waals surface area contributed by atoms with Crippen molar-refractivity contribution in [1.29, 1.82) is 0 Å². The van der Waals surface area contributed by atoms with Crippen molar-refractivity contribution < 1.29 is 27.9 Å². The van der Waals surface area contributed by atoms with Crippen molar-refractivity contribution in [2.24, 2.45) is 11.8 Å². The minimum Gasteiger partial charge on any atom is -0.384 e. The molecule has 2 aromatic rings. The van der Waals surface area contributed by atoms with Crippen molar-refractivity contribution in [1.82, 2.24) is 9.88 Å². The Labute approximate surface area is 220 Å². The van der Waals surface area contributed by atoms with Gasteiger partial charge in [-0.3, -0.25) is 9.59 Å². The zero-order valence-electron chi connectivity index (χ0n) is 21.4. The Morgan fingerprint density at radius 3 is 2.54 bits per heavy atom. The summed E-state index contributed by atoms with van der Waals surface area (Å²) in [6, 6.07) is 4.36. The van der Waals surface area contributed by atoms with Crippen LogP contribution in [0.3, 0.4) is 0 Å². The number of nitrogens with zero attached hydrogens (tertiary/aromatic N) is 2. The molecule has 0 bridgehead atoms. The van der Waals surface area contributed by atoms with Gasteiger partial charge in [0.05, 0.1) is 15.4 Å². The van der Waals surface area contributed by atoms with Gasteiger partial charge in [-0.1, -0.05) is 26.0 Å². The average molecular weight is 537 g/mol. The molecule has 1 N–H and O–H groups in total. The number of Topliss-reactive ketones (excluding diaryl/α,β-unsaturated/α-hetero) is 1. The lowest BCUT2D eigenvalue weighted by molar-refractivity contribution is -0.137. The van der Waals surface area contributed by atoms with Gasteiger partial charge in [-0.05, 0) is 62.5 Å². The molecule has 5 nitrogen and oxygen atoms in total. The zero-order valence-corrected chi connectivity index (χ0v) is 22.2. The summed E-state index contributed by atoms with van der Waals surface area (Å²) in [4.78, 5) is 32.3. The summed E-state index contributed by atoms with van der Waals surface area (Å²) in [5.41, 5.74) is -1.66. The van der Waals surface area contributed by atoms with Crippen molar-refractivity contribution in [3.63, 3.8) is 0 Å². The number of aliphatic hydroxyl groups is 1. The number of alkyl halides is 3. The molecule has 1 atom stereocenters. The minimum atomic E-state index is -4.51. The van der Waals surface area contributed by atoms with E-state index in [-0.39, 0.29) is 24.3 Å². The second kappa shape index (κ2) is 11.2. The van der Waals surface area contributed by atoms with E-state index >= 15 is 0 Å². The first-order chi connectivity index (χ1) is 17.4. The number of ketones is 1. The molecule has 1 saturated heterocycles. The first-order valence-electron chi connectivity index (χ1n) is 13.1. The molecule has 1 aliphatic carbocycles. The smallest absolute Gasteiger partial charge is 0.384 e. The van der Waals surface area contributed by atoms with Gasteiger partial charge in [-0.25, -0.2) is 4.98 Å². The maximum atomic E-state index is 12.9. The molecule has 0 unspecified atom stereocenters. The van der Waals surface area contributed by atoms with E-state index in [1.165, 1.54) is 12.1 Å². The molecular formula is C28H35F3N2O3S. The molecule has 2 aliphatic rings. The minimum absolute atomic E-state index is 0.00543. The molecule has 9 heteroatoms. The summed E-state index contributed by atoms with van der Waals surface area (Å²) in [7, 11) is 0. The van der Waals surface area contributed by atoms with Crippen LogP contribution in [0.4, 0.5) is 13.2 Å². The number of hydrogen-bond donors (Lipinski definition) is 1. The second-order valence-electron chi connectivity index (χ2n) is 10.9. The maximum absolute atomic E-state index is 12.9. The standard InChI is InChI=1S/C28H35F3N2O3S/c1-18(2)26-32-16-24(37-26)27(36)11-8-19(9-12-27)14-20-10-13-33(17-20)25(35)7-6-23(34)21-4-3-5-22(15-21)28(29,30)31/h3-5,15-16,18-20,36H,6-14,17H2,1-2H3/t19?,20-,27?/m1/s1. The highest BCUT2D eigenvalue weighted by Gasteiger charge is 2.38. The number of rotatable bonds is 8. The van der Waals surface area contributed by atoms with E-state index in [1.54, 1.807) is 16.2 Å². The summed E-state index contributed by atoms with van der Waals surface area (Å²) < 4.78 is 38.7. The molecule has 202 valence electrons. The number of benzene rings is 1. The zero-order chi connectivity index (χ0) is 26.8. The summed E-state index contributed by atoms with van der Waals surface area (Å²) in [5, 5.41) is 12.3. The first kappa shape index (κ1) is 27.8. The van der Waals surface area contributed by atoms with Gasteiger partial charge in [0.1, 0.15) is 5.60 Å². The van der Waals surface area contributed by atoms with Crippen LogP contribution in [-0.4, -0.2) is 39.8 Å². The van der Waals surface area contributed by atoms with E-state index in [0.717, 1.165) is 60.5 Å². The van der Waals surface area contributed by atoms with Crippen LogP contribution in [0.1, 0.15) is 96.9 Å². The molecule has 1 amide bonds. The lowest BCUT2D eigenvalue weighted by atomic mass is 9.75. The van der Waals surface area contributed by atoms with Gasteiger partial charge in [0.25, 0.3) is 0 Å². The molecule has 2 heterocycles.